The third-order valence-electron chi connectivity index (χ3n) is 3.74. The van der Waals surface area contributed by atoms with Crippen LogP contribution in [0.15, 0.2) is 0 Å². The zero-order chi connectivity index (χ0) is 11.4. The van der Waals surface area contributed by atoms with Crippen molar-refractivity contribution in [1.29, 1.82) is 0 Å². The average Bonchev–Trinajstić information content (AvgIpc) is 2.83. The van der Waals surface area contributed by atoms with Crippen molar-refractivity contribution in [3.63, 3.8) is 0 Å². The molecule has 3 atom stereocenters. The number of nitrogens with one attached hydrogen (secondary N) is 1. The van der Waals surface area contributed by atoms with Gasteiger partial charge in [-0.3, -0.25) is 4.79 Å². The molecule has 1 amide bonds. The van der Waals surface area contributed by atoms with Crippen molar-refractivity contribution in [2.45, 2.75) is 38.1 Å². The largest absolute Gasteiger partial charge is 0.381 e. The van der Waals surface area contributed by atoms with Crippen LogP contribution < -0.4 is 5.32 Å². The van der Waals surface area contributed by atoms with E-state index in [0.29, 0.717) is 24.4 Å². The molecule has 1 N–H and O–H groups in total. The number of carbonyl (C=O) groups excluding carboxylic acids is 1. The molecule has 1 aliphatic carbocycles. The van der Waals surface area contributed by atoms with Gasteiger partial charge in [0, 0.05) is 18.5 Å². The maximum Gasteiger partial charge on any atom is 0.225 e. The normalized spacial score (nSPS) is 34.9. The Labute approximate surface area is 102 Å². The maximum atomic E-state index is 11.9. The van der Waals surface area contributed by atoms with Gasteiger partial charge in [-0.25, -0.2) is 0 Å². The van der Waals surface area contributed by atoms with Crippen LogP contribution in [0.3, 0.4) is 0 Å². The molecule has 1 aliphatic heterocycles. The van der Waals surface area contributed by atoms with Crippen LogP contribution in [0, 0.1) is 11.8 Å². The molecular formula is C12H20ClNO2. The first-order valence-electron chi connectivity index (χ1n) is 6.25. The van der Waals surface area contributed by atoms with Gasteiger partial charge in [0.05, 0.1) is 12.5 Å². The van der Waals surface area contributed by atoms with Gasteiger partial charge < -0.3 is 10.1 Å². The number of hydrogen-bond donors (Lipinski definition) is 1. The molecule has 92 valence electrons. The Bertz CT molecular complexity index is 241. The van der Waals surface area contributed by atoms with E-state index in [-0.39, 0.29) is 11.8 Å². The van der Waals surface area contributed by atoms with E-state index in [0.717, 1.165) is 25.9 Å². The van der Waals surface area contributed by atoms with Crippen molar-refractivity contribution in [2.75, 3.05) is 19.1 Å². The van der Waals surface area contributed by atoms with Crippen LogP contribution in [-0.2, 0) is 9.53 Å². The van der Waals surface area contributed by atoms with E-state index in [1.807, 2.05) is 0 Å². The van der Waals surface area contributed by atoms with E-state index in [1.54, 1.807) is 0 Å². The third kappa shape index (κ3) is 2.89. The third-order valence-corrected chi connectivity index (χ3v) is 4.13. The second-order valence-corrected chi connectivity index (χ2v) is 5.18. The first kappa shape index (κ1) is 12.2. The number of amides is 1. The minimum absolute atomic E-state index is 0.0675. The maximum absolute atomic E-state index is 11.9. The standard InChI is InChI=1S/C12H20ClNO2/c13-7-9-3-1-2-4-11(9)14-12(15)10-5-6-16-8-10/h9-11H,1-8H2,(H,14,15). The first-order valence-corrected chi connectivity index (χ1v) is 6.79. The topological polar surface area (TPSA) is 38.3 Å². The summed E-state index contributed by atoms with van der Waals surface area (Å²) in [6.45, 7) is 1.31. The molecule has 0 bridgehead atoms. The highest BCUT2D eigenvalue weighted by atomic mass is 35.5. The van der Waals surface area contributed by atoms with Crippen LogP contribution in [0.2, 0.25) is 0 Å². The van der Waals surface area contributed by atoms with E-state index in [2.05, 4.69) is 5.32 Å². The van der Waals surface area contributed by atoms with Gasteiger partial charge in [0.15, 0.2) is 0 Å². The fourth-order valence-electron chi connectivity index (χ4n) is 2.62. The number of carbonyl (C=O) groups is 1. The Morgan fingerprint density at radius 1 is 1.31 bits per heavy atom. The molecule has 0 radical (unpaired) electrons. The number of hydrogen-bond acceptors (Lipinski definition) is 2. The smallest absolute Gasteiger partial charge is 0.225 e. The summed E-state index contributed by atoms with van der Waals surface area (Å²) in [4.78, 5) is 11.9. The Kier molecular flexibility index (Phi) is 4.47. The summed E-state index contributed by atoms with van der Waals surface area (Å²) in [5, 5.41) is 3.16. The van der Waals surface area contributed by atoms with E-state index in [1.165, 1.54) is 12.8 Å². The van der Waals surface area contributed by atoms with Crippen molar-refractivity contribution in [2.24, 2.45) is 11.8 Å². The van der Waals surface area contributed by atoms with Crippen molar-refractivity contribution in [1.82, 2.24) is 5.32 Å². The molecule has 1 saturated heterocycles. The van der Waals surface area contributed by atoms with Gasteiger partial charge in [0.2, 0.25) is 5.91 Å². The SMILES string of the molecule is O=C(NC1CCCCC1CCl)C1CCOC1. The fraction of sp³-hybridized carbons (Fsp3) is 0.917. The molecule has 2 aliphatic rings. The van der Waals surface area contributed by atoms with E-state index >= 15 is 0 Å². The van der Waals surface area contributed by atoms with Crippen LogP contribution in [0.5, 0.6) is 0 Å². The highest BCUT2D eigenvalue weighted by Crippen LogP contribution is 2.26. The Balaban J connectivity index is 1.84. The first-order chi connectivity index (χ1) is 7.81. The van der Waals surface area contributed by atoms with Gasteiger partial charge in [-0.15, -0.1) is 11.6 Å². The summed E-state index contributed by atoms with van der Waals surface area (Å²) < 4.78 is 5.23. The predicted molar refractivity (Wildman–Crippen MR) is 63.5 cm³/mol. The van der Waals surface area contributed by atoms with E-state index < -0.39 is 0 Å². The number of ether oxygens (including phenoxy) is 1. The van der Waals surface area contributed by atoms with Crippen molar-refractivity contribution in [3.05, 3.63) is 0 Å². The van der Waals surface area contributed by atoms with Gasteiger partial charge in [-0.1, -0.05) is 12.8 Å². The summed E-state index contributed by atoms with van der Waals surface area (Å²) in [6.07, 6.45) is 5.55. The molecule has 3 unspecified atom stereocenters. The van der Waals surface area contributed by atoms with Crippen molar-refractivity contribution in [3.8, 4) is 0 Å². The molecule has 16 heavy (non-hydrogen) atoms. The lowest BCUT2D eigenvalue weighted by Gasteiger charge is -2.31. The Morgan fingerprint density at radius 2 is 2.12 bits per heavy atom. The van der Waals surface area contributed by atoms with Gasteiger partial charge >= 0.3 is 0 Å². The van der Waals surface area contributed by atoms with E-state index in [4.69, 9.17) is 16.3 Å². The van der Waals surface area contributed by atoms with Crippen LogP contribution in [0.1, 0.15) is 32.1 Å². The molecule has 0 aromatic carbocycles. The van der Waals surface area contributed by atoms with Crippen molar-refractivity contribution < 1.29 is 9.53 Å². The molecule has 1 saturated carbocycles. The van der Waals surface area contributed by atoms with Gasteiger partial charge in [0.1, 0.15) is 0 Å². The highest BCUT2D eigenvalue weighted by molar-refractivity contribution is 6.18. The molecule has 3 nitrogen and oxygen atoms in total. The summed E-state index contributed by atoms with van der Waals surface area (Å²) in [6, 6.07) is 0.291. The summed E-state index contributed by atoms with van der Waals surface area (Å²) >= 11 is 5.94. The molecular weight excluding hydrogens is 226 g/mol. The van der Waals surface area contributed by atoms with Gasteiger partial charge in [-0.2, -0.15) is 0 Å². The quantitative estimate of drug-likeness (QED) is 0.772. The Hall–Kier alpha value is -0.280. The van der Waals surface area contributed by atoms with Gasteiger partial charge in [-0.05, 0) is 25.2 Å². The molecule has 2 fully saturated rings. The predicted octanol–water partition coefficient (Wildman–Crippen LogP) is 1.94. The van der Waals surface area contributed by atoms with Crippen LogP contribution in [0.25, 0.3) is 0 Å². The van der Waals surface area contributed by atoms with E-state index in [9.17, 15) is 4.79 Å². The minimum atomic E-state index is 0.0675. The lowest BCUT2D eigenvalue weighted by molar-refractivity contribution is -0.126. The zero-order valence-corrected chi connectivity index (χ0v) is 10.3. The summed E-state index contributed by atoms with van der Waals surface area (Å²) in [7, 11) is 0. The lowest BCUT2D eigenvalue weighted by atomic mass is 9.85. The molecule has 0 aromatic heterocycles. The van der Waals surface area contributed by atoms with Crippen LogP contribution in [0.4, 0.5) is 0 Å². The summed E-state index contributed by atoms with van der Waals surface area (Å²) in [5.41, 5.74) is 0. The second kappa shape index (κ2) is 5.87. The monoisotopic (exact) mass is 245 g/mol. The molecule has 0 spiro atoms. The number of halogens is 1. The summed E-state index contributed by atoms with van der Waals surface area (Å²) in [5.74, 6) is 1.35. The van der Waals surface area contributed by atoms with Crippen molar-refractivity contribution >= 4 is 17.5 Å². The second-order valence-electron chi connectivity index (χ2n) is 4.87. The molecule has 0 aromatic rings. The average molecular weight is 246 g/mol. The zero-order valence-electron chi connectivity index (χ0n) is 9.58. The fourth-order valence-corrected chi connectivity index (χ4v) is 2.99. The van der Waals surface area contributed by atoms with Crippen LogP contribution >= 0.6 is 11.6 Å². The number of rotatable bonds is 3. The van der Waals surface area contributed by atoms with Crippen LogP contribution in [-0.4, -0.2) is 31.0 Å². The molecule has 2 rings (SSSR count). The highest BCUT2D eigenvalue weighted by Gasteiger charge is 2.29. The minimum Gasteiger partial charge on any atom is -0.381 e. The van der Waals surface area contributed by atoms with Gasteiger partial charge in [0.25, 0.3) is 0 Å². The number of alkyl halides is 1. The molecule has 1 heterocycles. The Morgan fingerprint density at radius 3 is 2.81 bits per heavy atom. The lowest BCUT2D eigenvalue weighted by Crippen LogP contribution is -2.45. The molecule has 4 heteroatoms.